The second-order valence-electron chi connectivity index (χ2n) is 4.00. The number of nitrogens with zero attached hydrogens (tertiary/aromatic N) is 2. The van der Waals surface area contributed by atoms with Gasteiger partial charge in [-0.2, -0.15) is 0 Å². The van der Waals surface area contributed by atoms with Crippen LogP contribution < -0.4 is 5.32 Å². The Morgan fingerprint density at radius 1 is 1.47 bits per heavy atom. The first-order valence-electron chi connectivity index (χ1n) is 5.62. The van der Waals surface area contributed by atoms with Gasteiger partial charge in [0, 0.05) is 10.2 Å². The number of amides is 1. The lowest BCUT2D eigenvalue weighted by molar-refractivity contribution is -0.113. The van der Waals surface area contributed by atoms with Crippen LogP contribution in [0.25, 0.3) is 0 Å². The normalized spacial score (nSPS) is 10.5. The Kier molecular flexibility index (Phi) is 4.60. The lowest BCUT2D eigenvalue weighted by Gasteiger charge is -2.07. The second-order valence-corrected chi connectivity index (χ2v) is 5.86. The molecule has 0 atom stereocenters. The fraction of sp³-hybridized carbons (Fsp3) is 0.250. The number of carbonyl (C=O) groups excluding carboxylic acids is 1. The van der Waals surface area contributed by atoms with E-state index in [-0.39, 0.29) is 11.7 Å². The van der Waals surface area contributed by atoms with Crippen molar-refractivity contribution in [2.75, 3.05) is 11.1 Å². The number of H-pyrrole nitrogens is 1. The SMILES string of the molecule is Cc1nc(SCC(=O)Nc2ccc(Br)cc2C)n[nH]1. The number of nitrogens with one attached hydrogen (secondary N) is 2. The number of hydrogen-bond donors (Lipinski definition) is 2. The molecule has 0 aliphatic rings. The molecule has 0 aliphatic heterocycles. The van der Waals surface area contributed by atoms with Gasteiger partial charge in [0.15, 0.2) is 0 Å². The summed E-state index contributed by atoms with van der Waals surface area (Å²) in [6.45, 7) is 3.77. The quantitative estimate of drug-likeness (QED) is 0.839. The first-order chi connectivity index (χ1) is 9.04. The lowest BCUT2D eigenvalue weighted by Crippen LogP contribution is -2.14. The van der Waals surface area contributed by atoms with Crippen molar-refractivity contribution in [3.63, 3.8) is 0 Å². The van der Waals surface area contributed by atoms with E-state index in [0.717, 1.165) is 21.5 Å². The highest BCUT2D eigenvalue weighted by molar-refractivity contribution is 9.10. The molecule has 0 bridgehead atoms. The molecule has 0 fully saturated rings. The molecule has 1 aromatic heterocycles. The lowest BCUT2D eigenvalue weighted by atomic mass is 10.2. The Morgan fingerprint density at radius 2 is 2.26 bits per heavy atom. The predicted molar refractivity (Wildman–Crippen MR) is 79.4 cm³/mol. The summed E-state index contributed by atoms with van der Waals surface area (Å²) in [7, 11) is 0. The third-order valence-electron chi connectivity index (χ3n) is 2.37. The summed E-state index contributed by atoms with van der Waals surface area (Å²) < 4.78 is 0.994. The fourth-order valence-electron chi connectivity index (χ4n) is 1.47. The topological polar surface area (TPSA) is 70.7 Å². The van der Waals surface area contributed by atoms with Crippen LogP contribution in [0.1, 0.15) is 11.4 Å². The minimum Gasteiger partial charge on any atom is -0.325 e. The molecule has 2 aromatic rings. The smallest absolute Gasteiger partial charge is 0.234 e. The number of rotatable bonds is 4. The Morgan fingerprint density at radius 3 is 2.89 bits per heavy atom. The minimum atomic E-state index is -0.0714. The predicted octanol–water partition coefficient (Wildman–Crippen LogP) is 2.91. The van der Waals surface area contributed by atoms with Crippen LogP contribution in [0.4, 0.5) is 5.69 Å². The molecule has 1 heterocycles. The van der Waals surface area contributed by atoms with E-state index < -0.39 is 0 Å². The molecular formula is C12H13BrN4OS. The number of aromatic nitrogens is 3. The average Bonchev–Trinajstić information content (AvgIpc) is 2.76. The Balaban J connectivity index is 1.90. The summed E-state index contributed by atoms with van der Waals surface area (Å²) in [5.74, 6) is 0.955. The zero-order valence-corrected chi connectivity index (χ0v) is 12.9. The second kappa shape index (κ2) is 6.21. The van der Waals surface area contributed by atoms with E-state index in [2.05, 4.69) is 36.4 Å². The van der Waals surface area contributed by atoms with Crippen LogP contribution in [-0.2, 0) is 4.79 Å². The molecule has 2 rings (SSSR count). The number of halogens is 1. The summed E-state index contributed by atoms with van der Waals surface area (Å²) in [4.78, 5) is 15.9. The van der Waals surface area contributed by atoms with Crippen LogP contribution in [-0.4, -0.2) is 26.8 Å². The number of thioether (sulfide) groups is 1. The molecule has 0 saturated carbocycles. The Bertz CT molecular complexity index is 599. The maximum absolute atomic E-state index is 11.8. The van der Waals surface area contributed by atoms with Crippen LogP contribution in [0.3, 0.4) is 0 Å². The van der Waals surface area contributed by atoms with Gasteiger partial charge in [-0.1, -0.05) is 27.7 Å². The van der Waals surface area contributed by atoms with Crippen molar-refractivity contribution >= 4 is 39.3 Å². The van der Waals surface area contributed by atoms with Crippen molar-refractivity contribution in [2.24, 2.45) is 0 Å². The fourth-order valence-corrected chi connectivity index (χ4v) is 2.59. The van der Waals surface area contributed by atoms with Crippen molar-refractivity contribution in [1.82, 2.24) is 15.2 Å². The van der Waals surface area contributed by atoms with Gasteiger partial charge in [-0.25, -0.2) is 4.98 Å². The Hall–Kier alpha value is -1.34. The maximum Gasteiger partial charge on any atom is 0.234 e. The molecule has 19 heavy (non-hydrogen) atoms. The summed E-state index contributed by atoms with van der Waals surface area (Å²) in [6.07, 6.45) is 0. The number of hydrogen-bond acceptors (Lipinski definition) is 4. The number of anilines is 1. The van der Waals surface area contributed by atoms with Crippen LogP contribution >= 0.6 is 27.7 Å². The van der Waals surface area contributed by atoms with E-state index in [1.165, 1.54) is 11.8 Å². The molecule has 0 saturated heterocycles. The van der Waals surface area contributed by atoms with Gasteiger partial charge in [-0.05, 0) is 37.6 Å². The third-order valence-corrected chi connectivity index (χ3v) is 3.71. The molecule has 0 radical (unpaired) electrons. The van der Waals surface area contributed by atoms with Gasteiger partial charge in [-0.15, -0.1) is 5.10 Å². The summed E-state index contributed by atoms with van der Waals surface area (Å²) in [5, 5.41) is 10.2. The highest BCUT2D eigenvalue weighted by atomic mass is 79.9. The number of aryl methyl sites for hydroxylation is 2. The van der Waals surface area contributed by atoms with Gasteiger partial charge in [0.2, 0.25) is 11.1 Å². The van der Waals surface area contributed by atoms with Gasteiger partial charge in [0.1, 0.15) is 5.82 Å². The molecular weight excluding hydrogens is 328 g/mol. The van der Waals surface area contributed by atoms with Crippen molar-refractivity contribution in [3.8, 4) is 0 Å². The largest absolute Gasteiger partial charge is 0.325 e. The standard InChI is InChI=1S/C12H13BrN4OS/c1-7-5-9(13)3-4-10(7)15-11(18)6-19-12-14-8(2)16-17-12/h3-5H,6H2,1-2H3,(H,15,18)(H,14,16,17). The van der Waals surface area contributed by atoms with Gasteiger partial charge in [0.05, 0.1) is 5.75 Å². The molecule has 1 aromatic carbocycles. The van der Waals surface area contributed by atoms with Gasteiger partial charge in [0.25, 0.3) is 0 Å². The van der Waals surface area contributed by atoms with E-state index in [1.54, 1.807) is 0 Å². The number of carbonyl (C=O) groups is 1. The highest BCUT2D eigenvalue weighted by Crippen LogP contribution is 2.20. The first-order valence-corrected chi connectivity index (χ1v) is 7.40. The molecule has 7 heteroatoms. The molecule has 0 unspecified atom stereocenters. The van der Waals surface area contributed by atoms with Crippen molar-refractivity contribution in [1.29, 1.82) is 0 Å². The maximum atomic E-state index is 11.8. The Labute approximate surface area is 123 Å². The van der Waals surface area contributed by atoms with E-state index >= 15 is 0 Å². The third kappa shape index (κ3) is 4.07. The monoisotopic (exact) mass is 340 g/mol. The summed E-state index contributed by atoms with van der Waals surface area (Å²) in [6, 6.07) is 5.73. The van der Waals surface area contributed by atoms with Crippen LogP contribution in [0, 0.1) is 13.8 Å². The average molecular weight is 341 g/mol. The van der Waals surface area contributed by atoms with E-state index in [4.69, 9.17) is 0 Å². The first kappa shape index (κ1) is 14.1. The number of benzene rings is 1. The van der Waals surface area contributed by atoms with Gasteiger partial charge in [-0.3, -0.25) is 9.89 Å². The number of aromatic amines is 1. The summed E-state index contributed by atoms with van der Waals surface area (Å²) >= 11 is 4.69. The van der Waals surface area contributed by atoms with Gasteiger partial charge < -0.3 is 5.32 Å². The van der Waals surface area contributed by atoms with Crippen molar-refractivity contribution < 1.29 is 4.79 Å². The van der Waals surface area contributed by atoms with Crippen LogP contribution in [0.2, 0.25) is 0 Å². The van der Waals surface area contributed by atoms with Crippen LogP contribution in [0.5, 0.6) is 0 Å². The molecule has 0 spiro atoms. The highest BCUT2D eigenvalue weighted by Gasteiger charge is 2.08. The van der Waals surface area contributed by atoms with E-state index in [9.17, 15) is 4.79 Å². The molecule has 2 N–H and O–H groups in total. The van der Waals surface area contributed by atoms with E-state index in [0.29, 0.717) is 5.16 Å². The zero-order valence-electron chi connectivity index (χ0n) is 10.5. The van der Waals surface area contributed by atoms with E-state index in [1.807, 2.05) is 32.0 Å². The van der Waals surface area contributed by atoms with Crippen LogP contribution in [0.15, 0.2) is 27.8 Å². The molecule has 0 aliphatic carbocycles. The molecule has 100 valence electrons. The van der Waals surface area contributed by atoms with Crippen molar-refractivity contribution in [2.45, 2.75) is 19.0 Å². The zero-order chi connectivity index (χ0) is 13.8. The summed E-state index contributed by atoms with van der Waals surface area (Å²) in [5.41, 5.74) is 1.83. The molecule has 1 amide bonds. The van der Waals surface area contributed by atoms with Gasteiger partial charge >= 0.3 is 0 Å². The minimum absolute atomic E-state index is 0.0714. The van der Waals surface area contributed by atoms with Crippen molar-refractivity contribution in [3.05, 3.63) is 34.1 Å². The molecule has 5 nitrogen and oxygen atoms in total.